The van der Waals surface area contributed by atoms with Crippen molar-refractivity contribution in [2.45, 2.75) is 38.5 Å². The van der Waals surface area contributed by atoms with Crippen molar-refractivity contribution >= 4 is 38.2 Å². The lowest BCUT2D eigenvalue weighted by atomic mass is 10.2. The highest BCUT2D eigenvalue weighted by atomic mass is 32.2. The van der Waals surface area contributed by atoms with Crippen LogP contribution in [0.4, 0.5) is 5.00 Å². The molecule has 1 aromatic carbocycles. The summed E-state index contributed by atoms with van der Waals surface area (Å²) >= 11 is 1.22. The van der Waals surface area contributed by atoms with Gasteiger partial charge in [0.15, 0.2) is 0 Å². The van der Waals surface area contributed by atoms with E-state index in [0.717, 1.165) is 24.0 Å². The van der Waals surface area contributed by atoms with Gasteiger partial charge in [-0.2, -0.15) is 0 Å². The van der Waals surface area contributed by atoms with Gasteiger partial charge in [-0.15, -0.1) is 11.3 Å². The molecule has 1 fully saturated rings. The van der Waals surface area contributed by atoms with Crippen LogP contribution in [0.5, 0.6) is 0 Å². The van der Waals surface area contributed by atoms with Crippen LogP contribution in [-0.4, -0.2) is 33.3 Å². The maximum atomic E-state index is 12.5. The fraction of sp³-hybridized carbons (Fsp3) is 0.400. The topological polar surface area (TPSA) is 104 Å². The Kier molecular flexibility index (Phi) is 6.40. The first-order valence-corrected chi connectivity index (χ1v) is 11.7. The molecular formula is C20H25N3O4S2. The van der Waals surface area contributed by atoms with E-state index in [-0.39, 0.29) is 35.7 Å². The number of carbonyl (C=O) groups excluding carboxylic acids is 2. The van der Waals surface area contributed by atoms with Gasteiger partial charge in [-0.1, -0.05) is 12.1 Å². The van der Waals surface area contributed by atoms with E-state index in [0.29, 0.717) is 15.4 Å². The number of hydrogen-bond acceptors (Lipinski definition) is 5. The summed E-state index contributed by atoms with van der Waals surface area (Å²) in [6.07, 6.45) is 1.84. The zero-order valence-electron chi connectivity index (χ0n) is 16.7. The predicted octanol–water partition coefficient (Wildman–Crippen LogP) is 2.73. The normalized spacial score (nSPS) is 13.9. The number of sulfonamides is 1. The molecule has 7 nitrogen and oxygen atoms in total. The largest absolute Gasteiger partial charge is 0.350 e. The van der Waals surface area contributed by atoms with Gasteiger partial charge in [0, 0.05) is 19.0 Å². The minimum atomic E-state index is -3.64. The van der Waals surface area contributed by atoms with Gasteiger partial charge >= 0.3 is 0 Å². The van der Waals surface area contributed by atoms with Gasteiger partial charge in [-0.25, -0.2) is 13.1 Å². The maximum absolute atomic E-state index is 12.5. The predicted molar refractivity (Wildman–Crippen MR) is 114 cm³/mol. The molecule has 0 spiro atoms. The molecule has 156 valence electrons. The first kappa shape index (κ1) is 21.5. The molecule has 29 heavy (non-hydrogen) atoms. The molecular weight excluding hydrogens is 410 g/mol. The Morgan fingerprint density at radius 3 is 2.48 bits per heavy atom. The van der Waals surface area contributed by atoms with Crippen molar-refractivity contribution in [2.24, 2.45) is 5.92 Å². The molecule has 3 N–H and O–H groups in total. The summed E-state index contributed by atoms with van der Waals surface area (Å²) in [5, 5.41) is 6.22. The third-order valence-corrected chi connectivity index (χ3v) is 7.41. The van der Waals surface area contributed by atoms with Crippen molar-refractivity contribution in [3.8, 4) is 0 Å². The molecule has 1 heterocycles. The lowest BCUT2D eigenvalue weighted by Gasteiger charge is -2.10. The van der Waals surface area contributed by atoms with Gasteiger partial charge in [0.2, 0.25) is 15.9 Å². The number of aryl methyl sites for hydroxylation is 3. The average Bonchev–Trinajstić information content (AvgIpc) is 3.44. The third-order valence-electron chi connectivity index (χ3n) is 4.65. The van der Waals surface area contributed by atoms with Crippen molar-refractivity contribution in [3.05, 3.63) is 45.8 Å². The zero-order chi connectivity index (χ0) is 21.2. The molecule has 2 aromatic rings. The van der Waals surface area contributed by atoms with Crippen LogP contribution in [0.1, 0.15) is 39.2 Å². The van der Waals surface area contributed by atoms with Crippen molar-refractivity contribution < 1.29 is 18.0 Å². The number of carbonyl (C=O) groups is 2. The Balaban J connectivity index is 1.52. The van der Waals surface area contributed by atoms with Gasteiger partial charge in [0.25, 0.3) is 5.91 Å². The maximum Gasteiger partial charge on any atom is 0.261 e. The van der Waals surface area contributed by atoms with Crippen LogP contribution in [0.3, 0.4) is 0 Å². The van der Waals surface area contributed by atoms with Gasteiger partial charge in [-0.05, 0) is 62.4 Å². The molecule has 1 aliphatic carbocycles. The molecule has 0 unspecified atom stereocenters. The Labute approximate surface area is 175 Å². The van der Waals surface area contributed by atoms with Gasteiger partial charge < -0.3 is 10.6 Å². The van der Waals surface area contributed by atoms with E-state index in [9.17, 15) is 18.0 Å². The Bertz CT molecular complexity index is 1040. The van der Waals surface area contributed by atoms with Crippen LogP contribution in [0.2, 0.25) is 0 Å². The summed E-state index contributed by atoms with van der Waals surface area (Å²) in [6, 6.07) is 7.04. The minimum Gasteiger partial charge on any atom is -0.350 e. The Morgan fingerprint density at radius 2 is 1.79 bits per heavy atom. The summed E-state index contributed by atoms with van der Waals surface area (Å²) in [5.41, 5.74) is 2.30. The van der Waals surface area contributed by atoms with E-state index >= 15 is 0 Å². The van der Waals surface area contributed by atoms with E-state index in [4.69, 9.17) is 0 Å². The van der Waals surface area contributed by atoms with E-state index in [1.54, 1.807) is 32.0 Å². The minimum absolute atomic E-state index is 0.000873. The number of benzene rings is 1. The van der Waals surface area contributed by atoms with Crippen LogP contribution in [0.15, 0.2) is 29.2 Å². The van der Waals surface area contributed by atoms with E-state index in [2.05, 4.69) is 15.4 Å². The lowest BCUT2D eigenvalue weighted by molar-refractivity contribution is -0.117. The first-order valence-electron chi connectivity index (χ1n) is 9.44. The highest BCUT2D eigenvalue weighted by Gasteiger charge is 2.30. The zero-order valence-corrected chi connectivity index (χ0v) is 18.3. The lowest BCUT2D eigenvalue weighted by Crippen LogP contribution is -2.34. The quantitative estimate of drug-likeness (QED) is 0.555. The summed E-state index contributed by atoms with van der Waals surface area (Å²) in [5.74, 6) is -0.191. The second-order valence-corrected chi connectivity index (χ2v) is 10.1. The van der Waals surface area contributed by atoms with E-state index in [1.807, 2.05) is 13.0 Å². The van der Waals surface area contributed by atoms with Gasteiger partial charge in [0.05, 0.1) is 14.8 Å². The fourth-order valence-electron chi connectivity index (χ4n) is 2.85. The number of amides is 2. The summed E-state index contributed by atoms with van der Waals surface area (Å²) in [4.78, 5) is 25.0. The summed E-state index contributed by atoms with van der Waals surface area (Å²) < 4.78 is 27.5. The van der Waals surface area contributed by atoms with Gasteiger partial charge in [-0.3, -0.25) is 9.59 Å². The van der Waals surface area contributed by atoms with Crippen LogP contribution in [-0.2, 0) is 14.8 Å². The van der Waals surface area contributed by atoms with Crippen molar-refractivity contribution in [1.29, 1.82) is 0 Å². The number of hydrogen-bond donors (Lipinski definition) is 3. The number of thiophene rings is 1. The monoisotopic (exact) mass is 435 g/mol. The Hall–Kier alpha value is -2.23. The fourth-order valence-corrected chi connectivity index (χ4v) is 5.21. The highest BCUT2D eigenvalue weighted by Crippen LogP contribution is 2.32. The summed E-state index contributed by atoms with van der Waals surface area (Å²) in [7, 11) is -3.64. The second kappa shape index (κ2) is 8.64. The third kappa shape index (κ3) is 5.43. The molecule has 1 saturated carbocycles. The smallest absolute Gasteiger partial charge is 0.261 e. The molecule has 2 amide bonds. The first-order chi connectivity index (χ1) is 13.7. The Morgan fingerprint density at radius 1 is 1.07 bits per heavy atom. The van der Waals surface area contributed by atoms with Crippen LogP contribution >= 0.6 is 11.3 Å². The molecule has 0 bridgehead atoms. The average molecular weight is 436 g/mol. The molecule has 0 radical (unpaired) electrons. The van der Waals surface area contributed by atoms with E-state index < -0.39 is 10.0 Å². The van der Waals surface area contributed by atoms with Crippen LogP contribution < -0.4 is 15.4 Å². The van der Waals surface area contributed by atoms with Gasteiger partial charge in [0.1, 0.15) is 0 Å². The van der Waals surface area contributed by atoms with Crippen molar-refractivity contribution in [2.75, 3.05) is 18.4 Å². The molecule has 9 heteroatoms. The van der Waals surface area contributed by atoms with E-state index in [1.165, 1.54) is 11.3 Å². The number of nitrogens with one attached hydrogen (secondary N) is 3. The van der Waals surface area contributed by atoms with Crippen molar-refractivity contribution in [1.82, 2.24) is 10.0 Å². The molecule has 1 aliphatic rings. The van der Waals surface area contributed by atoms with Crippen LogP contribution in [0, 0.1) is 26.7 Å². The molecule has 1 aromatic heterocycles. The molecule has 3 rings (SSSR count). The highest BCUT2D eigenvalue weighted by molar-refractivity contribution is 7.89. The molecule has 0 aliphatic heterocycles. The van der Waals surface area contributed by atoms with Crippen LogP contribution in [0.25, 0.3) is 0 Å². The molecule has 0 saturated heterocycles. The number of anilines is 1. The summed E-state index contributed by atoms with van der Waals surface area (Å²) in [6.45, 7) is 5.63. The van der Waals surface area contributed by atoms with Crippen molar-refractivity contribution in [3.63, 3.8) is 0 Å². The standard InChI is InChI=1S/C20H25N3O4S2/c1-12-4-5-13(2)16(10-12)29(26,27)22-9-8-21-20(25)18-14(3)11-17(28-18)23-19(24)15-6-7-15/h4-5,10-11,15,22H,6-9H2,1-3H3,(H,21,25)(H,23,24). The number of rotatable bonds is 8. The second-order valence-electron chi connectivity index (χ2n) is 7.31. The SMILES string of the molecule is Cc1ccc(C)c(S(=O)(=O)NCCNC(=O)c2sc(NC(=O)C3CC3)cc2C)c1. The molecule has 0 atom stereocenters.